The van der Waals surface area contributed by atoms with Gasteiger partial charge >= 0.3 is 97.9 Å². The van der Waals surface area contributed by atoms with E-state index in [-0.39, 0.29) is 5.97 Å². The maximum atomic E-state index is 10.9. The Hall–Kier alpha value is -0.102. The van der Waals surface area contributed by atoms with Crippen molar-refractivity contribution in [2.75, 3.05) is 0 Å². The van der Waals surface area contributed by atoms with Crippen LogP contribution in [0.5, 0.6) is 0 Å². The first-order chi connectivity index (χ1) is 9.31. The van der Waals surface area contributed by atoms with Crippen LogP contribution in [0.15, 0.2) is 12.2 Å². The van der Waals surface area contributed by atoms with Crippen molar-refractivity contribution in [3.05, 3.63) is 12.2 Å². The van der Waals surface area contributed by atoms with E-state index in [4.69, 9.17) is 0 Å². The first-order valence-electron chi connectivity index (χ1n) is 7.79. The fourth-order valence-electron chi connectivity index (χ4n) is 2.03. The standard InChI is InChI=1S/C16H30O2.Mo/c1-2-3-4-5-6-7-8-9-10-11-12-13-14-15-16(17)18;/h7-8H,2-6,9-15H2,1H3,(H,17,18);/q;+1/p-1/b8-7-;. The molecule has 0 saturated carbocycles. The van der Waals surface area contributed by atoms with Crippen LogP contribution in [0.1, 0.15) is 84.0 Å². The summed E-state index contributed by atoms with van der Waals surface area (Å²) in [6.07, 6.45) is 19.1. The van der Waals surface area contributed by atoms with E-state index in [0.29, 0.717) is 6.42 Å². The fourth-order valence-corrected chi connectivity index (χ4v) is 2.23. The molecule has 0 rings (SSSR count). The molecule has 0 aromatic heterocycles. The molecular weight excluding hydrogens is 320 g/mol. The molecule has 0 aliphatic heterocycles. The van der Waals surface area contributed by atoms with Crippen molar-refractivity contribution in [1.82, 2.24) is 0 Å². The molecular formula is C16H29MoO2. The molecule has 0 fully saturated rings. The van der Waals surface area contributed by atoms with Crippen LogP contribution in [0.2, 0.25) is 0 Å². The molecule has 0 spiro atoms. The molecule has 111 valence electrons. The topological polar surface area (TPSA) is 26.3 Å². The second kappa shape index (κ2) is 16.0. The average molecular weight is 349 g/mol. The zero-order chi connectivity index (χ0) is 14.2. The van der Waals surface area contributed by atoms with Crippen LogP contribution in [0, 0.1) is 0 Å². The van der Waals surface area contributed by atoms with Crippen LogP contribution in [-0.4, -0.2) is 5.97 Å². The molecule has 19 heavy (non-hydrogen) atoms. The SMILES string of the molecule is CCCCCC/C=C\CCCCCCCC(=O)[O][Mo]. The average Bonchev–Trinajstić information content (AvgIpc) is 2.43. The second-order valence-electron chi connectivity index (χ2n) is 5.08. The summed E-state index contributed by atoms with van der Waals surface area (Å²) in [6, 6.07) is 0. The van der Waals surface area contributed by atoms with Gasteiger partial charge in [-0.15, -0.1) is 0 Å². The Morgan fingerprint density at radius 1 is 0.895 bits per heavy atom. The fraction of sp³-hybridized carbons (Fsp3) is 0.812. The van der Waals surface area contributed by atoms with Crippen LogP contribution in [-0.2, 0) is 28.4 Å². The van der Waals surface area contributed by atoms with E-state index in [1.807, 2.05) is 0 Å². The summed E-state index contributed by atoms with van der Waals surface area (Å²) in [5.41, 5.74) is 0. The van der Waals surface area contributed by atoms with Crippen molar-refractivity contribution < 1.29 is 28.4 Å². The molecule has 0 bridgehead atoms. The maximum absolute atomic E-state index is 10.9. The number of allylic oxidation sites excluding steroid dienone is 2. The van der Waals surface area contributed by atoms with Gasteiger partial charge in [0.1, 0.15) is 0 Å². The molecule has 0 N–H and O–H groups in total. The third-order valence-electron chi connectivity index (χ3n) is 3.24. The van der Waals surface area contributed by atoms with E-state index in [0.717, 1.165) is 12.8 Å². The number of hydrogen-bond donors (Lipinski definition) is 0. The quantitative estimate of drug-likeness (QED) is 0.258. The molecule has 2 nitrogen and oxygen atoms in total. The van der Waals surface area contributed by atoms with Gasteiger partial charge in [-0.05, 0) is 6.42 Å². The third kappa shape index (κ3) is 15.8. The van der Waals surface area contributed by atoms with Crippen LogP contribution in [0.3, 0.4) is 0 Å². The number of rotatable bonds is 13. The molecule has 0 aliphatic rings. The van der Waals surface area contributed by atoms with Gasteiger partial charge in [-0.1, -0.05) is 26.2 Å². The molecule has 0 aromatic carbocycles. The Morgan fingerprint density at radius 3 is 2.00 bits per heavy atom. The first kappa shape index (κ1) is 18.9. The van der Waals surface area contributed by atoms with E-state index >= 15 is 0 Å². The number of carbonyl (C=O) groups is 1. The predicted molar refractivity (Wildman–Crippen MR) is 76.3 cm³/mol. The van der Waals surface area contributed by atoms with E-state index in [1.165, 1.54) is 78.0 Å². The molecule has 0 unspecified atom stereocenters. The molecule has 0 heterocycles. The number of unbranched alkanes of at least 4 members (excludes halogenated alkanes) is 9. The minimum atomic E-state index is -0.0733. The van der Waals surface area contributed by atoms with Crippen molar-refractivity contribution in [3.63, 3.8) is 0 Å². The van der Waals surface area contributed by atoms with Crippen LogP contribution >= 0.6 is 0 Å². The summed E-state index contributed by atoms with van der Waals surface area (Å²) in [4.78, 5) is 10.9. The summed E-state index contributed by atoms with van der Waals surface area (Å²) in [5.74, 6) is -0.0733. The molecule has 0 atom stereocenters. The van der Waals surface area contributed by atoms with Gasteiger partial charge in [-0.2, -0.15) is 0 Å². The molecule has 0 saturated heterocycles. The molecule has 3 heteroatoms. The van der Waals surface area contributed by atoms with Gasteiger partial charge in [0.05, 0.1) is 0 Å². The van der Waals surface area contributed by atoms with Crippen LogP contribution in [0.4, 0.5) is 0 Å². The van der Waals surface area contributed by atoms with Gasteiger partial charge in [0.15, 0.2) is 0 Å². The summed E-state index contributed by atoms with van der Waals surface area (Å²) in [5, 5.41) is 0. The minimum absolute atomic E-state index is 0.0733. The third-order valence-corrected chi connectivity index (χ3v) is 3.69. The number of hydrogen-bond acceptors (Lipinski definition) is 2. The first-order valence-corrected chi connectivity index (χ1v) is 8.60. The Bertz CT molecular complexity index is 227. The van der Waals surface area contributed by atoms with Gasteiger partial charge in [0, 0.05) is 0 Å². The predicted octanol–water partition coefficient (Wildman–Crippen LogP) is 5.25. The molecule has 0 amide bonds. The second-order valence-corrected chi connectivity index (χ2v) is 5.49. The Morgan fingerprint density at radius 2 is 1.42 bits per heavy atom. The van der Waals surface area contributed by atoms with Crippen molar-refractivity contribution in [1.29, 1.82) is 0 Å². The Balaban J connectivity index is 3.09. The monoisotopic (exact) mass is 351 g/mol. The van der Waals surface area contributed by atoms with Gasteiger partial charge in [0.25, 0.3) is 0 Å². The van der Waals surface area contributed by atoms with Gasteiger partial charge in [-0.25, -0.2) is 0 Å². The van der Waals surface area contributed by atoms with Gasteiger partial charge in [0.2, 0.25) is 0 Å². The molecule has 0 radical (unpaired) electrons. The van der Waals surface area contributed by atoms with Crippen molar-refractivity contribution in [2.24, 2.45) is 0 Å². The van der Waals surface area contributed by atoms with Gasteiger partial charge in [-0.3, -0.25) is 0 Å². The summed E-state index contributed by atoms with van der Waals surface area (Å²) >= 11 is 1.39. The van der Waals surface area contributed by atoms with E-state index in [1.54, 1.807) is 0 Å². The summed E-state index contributed by atoms with van der Waals surface area (Å²) in [6.45, 7) is 2.25. The van der Waals surface area contributed by atoms with Crippen molar-refractivity contribution >= 4 is 5.97 Å². The molecule has 0 aromatic rings. The zero-order valence-electron chi connectivity index (χ0n) is 12.4. The summed E-state index contributed by atoms with van der Waals surface area (Å²) in [7, 11) is 0. The Labute approximate surface area is 130 Å². The van der Waals surface area contributed by atoms with Crippen LogP contribution in [0.25, 0.3) is 0 Å². The van der Waals surface area contributed by atoms with E-state index in [2.05, 4.69) is 22.5 Å². The van der Waals surface area contributed by atoms with Gasteiger partial charge < -0.3 is 0 Å². The summed E-state index contributed by atoms with van der Waals surface area (Å²) < 4.78 is 4.62. The van der Waals surface area contributed by atoms with E-state index in [9.17, 15) is 4.79 Å². The van der Waals surface area contributed by atoms with Crippen molar-refractivity contribution in [2.45, 2.75) is 84.0 Å². The Kier molecular flexibility index (Phi) is 15.9. The zero-order valence-corrected chi connectivity index (χ0v) is 14.4. The normalized spacial score (nSPS) is 11.0. The van der Waals surface area contributed by atoms with Crippen LogP contribution < -0.4 is 0 Å². The molecule has 0 aliphatic carbocycles. The van der Waals surface area contributed by atoms with E-state index < -0.39 is 0 Å². The van der Waals surface area contributed by atoms with Crippen molar-refractivity contribution in [3.8, 4) is 0 Å². The number of carbonyl (C=O) groups excluding carboxylic acids is 1.